The molecule has 1 heterocycles. The number of rotatable bonds is 4. The van der Waals surface area contributed by atoms with Crippen LogP contribution in [-0.2, 0) is 28.9 Å². The van der Waals surface area contributed by atoms with Crippen molar-refractivity contribution in [2.45, 2.75) is 30.7 Å². The summed E-state index contributed by atoms with van der Waals surface area (Å²) in [6.07, 6.45) is -8.98. The standard InChI is InChI=1S/C7H12O10S/c1-15-3-2(8)4(17-18(12,13)14)7(11)16-5(3)6(9)10/h2-5,7-8,11H,1H3,(H,9,10)(H,12,13,14)/t2-,3+,4?,5?,7-/m1/s1. The van der Waals surface area contributed by atoms with E-state index in [-0.39, 0.29) is 0 Å². The number of carbonyl (C=O) groups is 1. The summed E-state index contributed by atoms with van der Waals surface area (Å²) in [5.41, 5.74) is 0. The highest BCUT2D eigenvalue weighted by Gasteiger charge is 2.50. The predicted octanol–water partition coefficient (Wildman–Crippen LogP) is -2.65. The van der Waals surface area contributed by atoms with Gasteiger partial charge >= 0.3 is 16.4 Å². The van der Waals surface area contributed by atoms with Crippen LogP contribution < -0.4 is 0 Å². The van der Waals surface area contributed by atoms with Crippen LogP contribution in [0.25, 0.3) is 0 Å². The van der Waals surface area contributed by atoms with E-state index in [9.17, 15) is 23.4 Å². The van der Waals surface area contributed by atoms with Crippen LogP contribution in [0.15, 0.2) is 0 Å². The third-order valence-corrected chi connectivity index (χ3v) is 2.75. The maximum atomic E-state index is 10.8. The highest BCUT2D eigenvalue weighted by atomic mass is 32.3. The van der Waals surface area contributed by atoms with E-state index in [1.165, 1.54) is 0 Å². The van der Waals surface area contributed by atoms with E-state index < -0.39 is 47.1 Å². The van der Waals surface area contributed by atoms with Gasteiger partial charge in [-0.1, -0.05) is 0 Å². The van der Waals surface area contributed by atoms with Crippen LogP contribution in [0.1, 0.15) is 0 Å². The Morgan fingerprint density at radius 3 is 2.22 bits per heavy atom. The minimum absolute atomic E-state index is 1.05. The molecular weight excluding hydrogens is 276 g/mol. The van der Waals surface area contributed by atoms with Crippen LogP contribution in [-0.4, -0.2) is 72.1 Å². The first-order valence-electron chi connectivity index (χ1n) is 4.60. The van der Waals surface area contributed by atoms with Crippen LogP contribution >= 0.6 is 0 Å². The lowest BCUT2D eigenvalue weighted by molar-refractivity contribution is -0.278. The van der Waals surface area contributed by atoms with Gasteiger partial charge < -0.3 is 24.8 Å². The highest BCUT2D eigenvalue weighted by Crippen LogP contribution is 2.25. The van der Waals surface area contributed by atoms with Crippen molar-refractivity contribution in [3.05, 3.63) is 0 Å². The second-order valence-electron chi connectivity index (χ2n) is 3.46. The molecule has 11 heteroatoms. The lowest BCUT2D eigenvalue weighted by atomic mass is 9.99. The average molecular weight is 288 g/mol. The second kappa shape index (κ2) is 5.44. The lowest BCUT2D eigenvalue weighted by Gasteiger charge is -2.39. The molecule has 0 radical (unpaired) electrons. The minimum atomic E-state index is -4.96. The summed E-state index contributed by atoms with van der Waals surface area (Å²) in [6.45, 7) is 0. The molecule has 0 aliphatic carbocycles. The SMILES string of the molecule is CO[C@@H]1C(C(=O)O)O[C@@H](O)C(OS(=O)(=O)O)[C@@H]1O. The van der Waals surface area contributed by atoms with E-state index in [0.717, 1.165) is 7.11 Å². The number of aliphatic hydroxyl groups excluding tert-OH is 2. The number of carboxylic acid groups (broad SMARTS) is 1. The van der Waals surface area contributed by atoms with Gasteiger partial charge in [0, 0.05) is 7.11 Å². The van der Waals surface area contributed by atoms with E-state index in [1.54, 1.807) is 0 Å². The number of hydrogen-bond donors (Lipinski definition) is 4. The molecule has 2 unspecified atom stereocenters. The molecule has 1 fully saturated rings. The number of methoxy groups -OCH3 is 1. The fraction of sp³-hybridized carbons (Fsp3) is 0.857. The van der Waals surface area contributed by atoms with Gasteiger partial charge in [0.15, 0.2) is 18.5 Å². The third kappa shape index (κ3) is 3.35. The van der Waals surface area contributed by atoms with E-state index in [4.69, 9.17) is 9.66 Å². The molecule has 0 aromatic carbocycles. The maximum Gasteiger partial charge on any atom is 0.397 e. The Hall–Kier alpha value is -0.820. The fourth-order valence-corrected chi connectivity index (χ4v) is 2.04. The van der Waals surface area contributed by atoms with Crippen LogP contribution in [0.5, 0.6) is 0 Å². The Balaban J connectivity index is 2.94. The molecule has 10 nitrogen and oxygen atoms in total. The molecule has 1 aliphatic rings. The summed E-state index contributed by atoms with van der Waals surface area (Å²) in [7, 11) is -3.91. The van der Waals surface area contributed by atoms with Gasteiger partial charge in [0.05, 0.1) is 0 Å². The molecule has 1 saturated heterocycles. The number of hydrogen-bond acceptors (Lipinski definition) is 8. The van der Waals surface area contributed by atoms with Gasteiger partial charge in [0.2, 0.25) is 0 Å². The molecule has 0 aromatic rings. The smallest absolute Gasteiger partial charge is 0.397 e. The molecule has 18 heavy (non-hydrogen) atoms. The van der Waals surface area contributed by atoms with Crippen molar-refractivity contribution < 1.29 is 46.7 Å². The van der Waals surface area contributed by atoms with Crippen LogP contribution in [0.2, 0.25) is 0 Å². The predicted molar refractivity (Wildman–Crippen MR) is 51.7 cm³/mol. The van der Waals surface area contributed by atoms with Crippen LogP contribution in [0.4, 0.5) is 0 Å². The second-order valence-corrected chi connectivity index (χ2v) is 4.51. The molecule has 0 amide bonds. The summed E-state index contributed by atoms with van der Waals surface area (Å²) in [5, 5.41) is 27.7. The summed E-state index contributed by atoms with van der Waals surface area (Å²) in [5.74, 6) is -1.52. The molecular formula is C7H12O10S. The Labute approximate surface area is 102 Å². The van der Waals surface area contributed by atoms with Gasteiger partial charge in [-0.3, -0.25) is 4.55 Å². The first-order chi connectivity index (χ1) is 8.17. The van der Waals surface area contributed by atoms with Crippen LogP contribution in [0.3, 0.4) is 0 Å². The number of aliphatic carboxylic acids is 1. The van der Waals surface area contributed by atoms with Gasteiger partial charge in [-0.2, -0.15) is 8.42 Å². The zero-order chi connectivity index (χ0) is 14.1. The van der Waals surface area contributed by atoms with Crippen molar-refractivity contribution in [1.29, 1.82) is 0 Å². The number of aliphatic hydroxyl groups is 2. The molecule has 0 bridgehead atoms. The largest absolute Gasteiger partial charge is 0.479 e. The number of carboxylic acids is 1. The molecule has 0 saturated carbocycles. The van der Waals surface area contributed by atoms with Crippen LogP contribution in [0, 0.1) is 0 Å². The third-order valence-electron chi connectivity index (χ3n) is 2.29. The summed E-state index contributed by atoms with van der Waals surface area (Å²) < 4.78 is 42.6. The van der Waals surface area contributed by atoms with Crippen molar-refractivity contribution >= 4 is 16.4 Å². The number of ether oxygens (including phenoxy) is 2. The molecule has 1 rings (SSSR count). The minimum Gasteiger partial charge on any atom is -0.479 e. The van der Waals surface area contributed by atoms with E-state index >= 15 is 0 Å². The lowest BCUT2D eigenvalue weighted by Crippen LogP contribution is -2.61. The van der Waals surface area contributed by atoms with Gasteiger partial charge in [-0.05, 0) is 0 Å². The highest BCUT2D eigenvalue weighted by molar-refractivity contribution is 7.80. The van der Waals surface area contributed by atoms with Crippen molar-refractivity contribution in [2.24, 2.45) is 0 Å². The van der Waals surface area contributed by atoms with E-state index in [2.05, 4.69) is 13.7 Å². The van der Waals surface area contributed by atoms with Gasteiger partial charge in [0.25, 0.3) is 0 Å². The molecule has 106 valence electrons. The average Bonchev–Trinajstić information content (AvgIpc) is 2.22. The normalized spacial score (nSPS) is 37.4. The molecule has 1 aliphatic heterocycles. The zero-order valence-corrected chi connectivity index (χ0v) is 9.85. The summed E-state index contributed by atoms with van der Waals surface area (Å²) in [4.78, 5) is 10.8. The van der Waals surface area contributed by atoms with Crippen molar-refractivity contribution in [2.75, 3.05) is 7.11 Å². The van der Waals surface area contributed by atoms with E-state index in [0.29, 0.717) is 0 Å². The van der Waals surface area contributed by atoms with Gasteiger partial charge in [-0.25, -0.2) is 8.98 Å². The Morgan fingerprint density at radius 2 is 1.83 bits per heavy atom. The molecule has 0 aromatic heterocycles. The Morgan fingerprint density at radius 1 is 1.28 bits per heavy atom. The zero-order valence-electron chi connectivity index (χ0n) is 9.03. The van der Waals surface area contributed by atoms with Crippen molar-refractivity contribution in [3.8, 4) is 0 Å². The summed E-state index contributed by atoms with van der Waals surface area (Å²) in [6, 6.07) is 0. The Kier molecular flexibility index (Phi) is 4.61. The first-order valence-corrected chi connectivity index (χ1v) is 5.96. The molecule has 0 spiro atoms. The maximum absolute atomic E-state index is 10.8. The summed E-state index contributed by atoms with van der Waals surface area (Å²) >= 11 is 0. The Bertz CT molecular complexity index is 404. The topological polar surface area (TPSA) is 160 Å². The van der Waals surface area contributed by atoms with Gasteiger partial charge in [0.1, 0.15) is 12.2 Å². The van der Waals surface area contributed by atoms with Gasteiger partial charge in [-0.15, -0.1) is 0 Å². The fourth-order valence-electron chi connectivity index (χ4n) is 1.55. The monoisotopic (exact) mass is 288 g/mol. The molecule has 5 atom stereocenters. The van der Waals surface area contributed by atoms with Crippen molar-refractivity contribution in [3.63, 3.8) is 0 Å². The van der Waals surface area contributed by atoms with E-state index in [1.807, 2.05) is 0 Å². The first kappa shape index (κ1) is 15.2. The quantitative estimate of drug-likeness (QED) is 0.402. The molecule has 4 N–H and O–H groups in total. The van der Waals surface area contributed by atoms with Crippen molar-refractivity contribution in [1.82, 2.24) is 0 Å².